The topological polar surface area (TPSA) is 30.0 Å². The van der Waals surface area contributed by atoms with Crippen LogP contribution >= 0.6 is 0 Å². The van der Waals surface area contributed by atoms with E-state index >= 15 is 0 Å². The van der Waals surface area contributed by atoms with Gasteiger partial charge in [0.05, 0.1) is 11.3 Å². The average Bonchev–Trinajstić information content (AvgIpc) is 2.77. The van der Waals surface area contributed by atoms with Gasteiger partial charge in [0.15, 0.2) is 0 Å². The number of aromatic nitrogens is 1. The van der Waals surface area contributed by atoms with E-state index in [0.29, 0.717) is 12.3 Å². The molecule has 6 heteroatoms. The van der Waals surface area contributed by atoms with Crippen molar-refractivity contribution in [3.05, 3.63) is 70.3 Å². The Morgan fingerprint density at radius 2 is 2.00 bits per heavy atom. The number of pyridine rings is 1. The number of hydrogen-bond donors (Lipinski definition) is 0. The maximum absolute atomic E-state index is 14.0. The number of ketones is 1. The lowest BCUT2D eigenvalue weighted by atomic mass is 9.75. The minimum Gasteiger partial charge on any atom is -0.300 e. The van der Waals surface area contributed by atoms with Crippen LogP contribution in [0.25, 0.3) is 6.08 Å². The molecule has 2 aromatic rings. The third-order valence-corrected chi connectivity index (χ3v) is 6.71. The summed E-state index contributed by atoms with van der Waals surface area (Å²) in [6.45, 7) is 0. The molecule has 0 bridgehead atoms. The van der Waals surface area contributed by atoms with Gasteiger partial charge in [-0.25, -0.2) is 4.39 Å². The number of carbonyl (C=O) groups is 1. The number of rotatable bonds is 6. The molecule has 170 valence electrons. The number of hydrogen-bond acceptors (Lipinski definition) is 2. The van der Waals surface area contributed by atoms with Crippen LogP contribution in [0.15, 0.2) is 36.5 Å². The molecule has 0 saturated heterocycles. The summed E-state index contributed by atoms with van der Waals surface area (Å²) in [7, 11) is 0. The second kappa shape index (κ2) is 9.55. The summed E-state index contributed by atoms with van der Waals surface area (Å²) in [4.78, 5) is 17.3. The highest BCUT2D eigenvalue weighted by Crippen LogP contribution is 2.40. The lowest BCUT2D eigenvalue weighted by Gasteiger charge is -2.30. The molecule has 0 spiro atoms. The summed E-state index contributed by atoms with van der Waals surface area (Å²) in [5.74, 6) is -0.162. The first-order valence-electron chi connectivity index (χ1n) is 11.3. The molecule has 0 N–H and O–H groups in total. The van der Waals surface area contributed by atoms with Gasteiger partial charge in [-0.1, -0.05) is 18.6 Å². The van der Waals surface area contributed by atoms with E-state index in [2.05, 4.69) is 23.2 Å². The van der Waals surface area contributed by atoms with Crippen LogP contribution in [0.4, 0.5) is 17.6 Å². The van der Waals surface area contributed by atoms with Crippen molar-refractivity contribution in [1.29, 1.82) is 0 Å². The van der Waals surface area contributed by atoms with Crippen LogP contribution in [0.5, 0.6) is 0 Å². The molecule has 2 unspecified atom stereocenters. The van der Waals surface area contributed by atoms with Crippen molar-refractivity contribution in [2.24, 2.45) is 5.92 Å². The van der Waals surface area contributed by atoms with Gasteiger partial charge in [-0.2, -0.15) is 13.2 Å². The van der Waals surface area contributed by atoms with E-state index < -0.39 is 17.6 Å². The second-order valence-electron chi connectivity index (χ2n) is 8.99. The molecule has 2 atom stereocenters. The second-order valence-corrected chi connectivity index (χ2v) is 8.99. The molecule has 2 nitrogen and oxygen atoms in total. The SMILES string of the molecule is O=C(CCc1cc(C(F)(F)F)ccc1F)CC1CCCC(c2nccc3c2C=CCC3)C1. The Balaban J connectivity index is 1.36. The van der Waals surface area contributed by atoms with Crippen LogP contribution in [0.2, 0.25) is 0 Å². The first kappa shape index (κ1) is 22.7. The Morgan fingerprint density at radius 1 is 1.16 bits per heavy atom. The fourth-order valence-electron chi connectivity index (χ4n) is 5.07. The summed E-state index contributed by atoms with van der Waals surface area (Å²) >= 11 is 0. The quantitative estimate of drug-likeness (QED) is 0.445. The largest absolute Gasteiger partial charge is 0.416 e. The molecular weight excluding hydrogens is 418 g/mol. The molecule has 1 saturated carbocycles. The van der Waals surface area contributed by atoms with E-state index in [0.717, 1.165) is 62.4 Å². The van der Waals surface area contributed by atoms with Crippen LogP contribution in [-0.2, 0) is 23.8 Å². The molecule has 0 aliphatic heterocycles. The molecular formula is C26H27F4NO. The predicted octanol–water partition coefficient (Wildman–Crippen LogP) is 7.06. The maximum Gasteiger partial charge on any atom is 0.416 e. The fraction of sp³-hybridized carbons (Fsp3) is 0.462. The molecule has 1 aromatic carbocycles. The first-order chi connectivity index (χ1) is 15.3. The third-order valence-electron chi connectivity index (χ3n) is 6.71. The maximum atomic E-state index is 14.0. The van der Waals surface area contributed by atoms with Gasteiger partial charge in [0.1, 0.15) is 11.6 Å². The van der Waals surface area contributed by atoms with E-state index in [4.69, 9.17) is 0 Å². The van der Waals surface area contributed by atoms with Crippen LogP contribution < -0.4 is 0 Å². The van der Waals surface area contributed by atoms with Gasteiger partial charge in [0.2, 0.25) is 0 Å². The molecule has 1 heterocycles. The van der Waals surface area contributed by atoms with Crippen LogP contribution in [-0.4, -0.2) is 10.8 Å². The normalized spacial score (nSPS) is 20.8. The van der Waals surface area contributed by atoms with Gasteiger partial charge in [0, 0.05) is 25.0 Å². The van der Waals surface area contributed by atoms with Crippen LogP contribution in [0.3, 0.4) is 0 Å². The fourth-order valence-corrected chi connectivity index (χ4v) is 5.07. The van der Waals surface area contributed by atoms with Crippen molar-refractivity contribution in [3.63, 3.8) is 0 Å². The zero-order chi connectivity index (χ0) is 22.7. The lowest BCUT2D eigenvalue weighted by molar-refractivity contribution is -0.137. The van der Waals surface area contributed by atoms with E-state index in [1.54, 1.807) is 0 Å². The minimum atomic E-state index is -4.52. The number of carbonyl (C=O) groups excluding carboxylic acids is 1. The minimum absolute atomic E-state index is 0.0106. The zero-order valence-corrected chi connectivity index (χ0v) is 17.9. The number of alkyl halides is 3. The average molecular weight is 446 g/mol. The zero-order valence-electron chi connectivity index (χ0n) is 17.9. The van der Waals surface area contributed by atoms with Crippen molar-refractivity contribution in [1.82, 2.24) is 4.98 Å². The molecule has 2 aliphatic rings. The van der Waals surface area contributed by atoms with E-state index in [1.807, 2.05) is 6.20 Å². The molecule has 0 amide bonds. The van der Waals surface area contributed by atoms with Crippen LogP contribution in [0.1, 0.15) is 78.8 Å². The van der Waals surface area contributed by atoms with Crippen LogP contribution in [0, 0.1) is 11.7 Å². The number of allylic oxidation sites excluding steroid dienone is 1. The predicted molar refractivity (Wildman–Crippen MR) is 116 cm³/mol. The Labute approximate surface area is 185 Å². The standard InChI is InChI=1S/C26H27F4NO/c27-24-11-9-21(26(28,29)30)16-19(24)8-10-22(32)15-17-4-3-6-20(14-17)25-23-7-2-1-5-18(23)12-13-31-25/h2,7,9,11-13,16-17,20H,1,3-6,8,10,14-15H2. The van der Waals surface area contributed by atoms with Gasteiger partial charge < -0.3 is 0 Å². The van der Waals surface area contributed by atoms with Crippen molar-refractivity contribution >= 4 is 11.9 Å². The van der Waals surface area contributed by atoms with E-state index in [-0.39, 0.29) is 30.1 Å². The Bertz CT molecular complexity index is 1010. The molecule has 1 aromatic heterocycles. The molecule has 32 heavy (non-hydrogen) atoms. The number of halogens is 4. The molecule has 1 fully saturated rings. The number of fused-ring (bicyclic) bond motifs is 1. The van der Waals surface area contributed by atoms with Gasteiger partial charge in [-0.15, -0.1) is 0 Å². The number of Topliss-reactive ketones (excluding diaryl/α,β-unsaturated/α-hetero) is 1. The molecule has 0 radical (unpaired) electrons. The highest BCUT2D eigenvalue weighted by atomic mass is 19.4. The summed E-state index contributed by atoms with van der Waals surface area (Å²) in [6, 6.07) is 4.46. The van der Waals surface area contributed by atoms with Crippen molar-refractivity contribution in [3.8, 4) is 0 Å². The lowest BCUT2D eigenvalue weighted by Crippen LogP contribution is -2.19. The summed E-state index contributed by atoms with van der Waals surface area (Å²) < 4.78 is 52.6. The first-order valence-corrected chi connectivity index (χ1v) is 11.3. The van der Waals surface area contributed by atoms with Gasteiger partial charge in [-0.3, -0.25) is 9.78 Å². The monoisotopic (exact) mass is 445 g/mol. The van der Waals surface area contributed by atoms with E-state index in [1.165, 1.54) is 11.1 Å². The third kappa shape index (κ3) is 5.28. The number of benzene rings is 1. The van der Waals surface area contributed by atoms with Gasteiger partial charge >= 0.3 is 6.18 Å². The van der Waals surface area contributed by atoms with Crippen molar-refractivity contribution in [2.75, 3.05) is 0 Å². The highest BCUT2D eigenvalue weighted by Gasteiger charge is 2.31. The summed E-state index contributed by atoms with van der Waals surface area (Å²) in [5, 5.41) is 0. The summed E-state index contributed by atoms with van der Waals surface area (Å²) in [5.41, 5.74) is 2.75. The molecule has 2 aliphatic carbocycles. The Kier molecular flexibility index (Phi) is 6.77. The van der Waals surface area contributed by atoms with Gasteiger partial charge in [0.25, 0.3) is 0 Å². The number of nitrogens with zero attached hydrogens (tertiary/aromatic N) is 1. The number of aryl methyl sites for hydroxylation is 2. The summed E-state index contributed by atoms with van der Waals surface area (Å²) in [6.07, 6.45) is 8.15. The van der Waals surface area contributed by atoms with Gasteiger partial charge in [-0.05, 0) is 85.4 Å². The van der Waals surface area contributed by atoms with E-state index in [9.17, 15) is 22.4 Å². The smallest absolute Gasteiger partial charge is 0.300 e. The van der Waals surface area contributed by atoms with Crippen molar-refractivity contribution < 1.29 is 22.4 Å². The highest BCUT2D eigenvalue weighted by molar-refractivity contribution is 5.79. The Hall–Kier alpha value is -2.50. The molecule has 4 rings (SSSR count). The Morgan fingerprint density at radius 3 is 2.81 bits per heavy atom. The van der Waals surface area contributed by atoms with Crippen molar-refractivity contribution in [2.45, 2.75) is 69.9 Å².